The van der Waals surface area contributed by atoms with E-state index in [2.05, 4.69) is 10.3 Å². The number of nitrogen functional groups attached to an aromatic ring is 1. The number of hydrogen-bond donors (Lipinski definition) is 2. The van der Waals surface area contributed by atoms with Crippen molar-refractivity contribution in [3.63, 3.8) is 0 Å². The molecule has 0 spiro atoms. The number of nitrogens with one attached hydrogen (secondary N) is 1. The molecule has 1 saturated carbocycles. The Balaban J connectivity index is 2.10. The number of nitrogens with two attached hydrogens (primary N) is 1. The number of pyridine rings is 1. The first kappa shape index (κ1) is 10.7. The average Bonchev–Trinajstić information content (AvgIpc) is 2.18. The van der Waals surface area contributed by atoms with E-state index in [9.17, 15) is 4.79 Å². The highest BCUT2D eigenvalue weighted by molar-refractivity contribution is 5.93. The van der Waals surface area contributed by atoms with Gasteiger partial charge < -0.3 is 15.8 Å². The Labute approximate surface area is 94.0 Å². The molecule has 1 aliphatic carbocycles. The zero-order valence-corrected chi connectivity index (χ0v) is 9.19. The summed E-state index contributed by atoms with van der Waals surface area (Å²) >= 11 is 0. The van der Waals surface area contributed by atoms with Gasteiger partial charge in [0, 0.05) is 12.0 Å². The van der Waals surface area contributed by atoms with Crippen LogP contribution in [0.2, 0.25) is 0 Å². The third kappa shape index (κ3) is 2.08. The summed E-state index contributed by atoms with van der Waals surface area (Å²) in [5, 5.41) is 2.76. The Morgan fingerprint density at radius 1 is 1.62 bits per heavy atom. The van der Waals surface area contributed by atoms with E-state index in [1.54, 1.807) is 6.07 Å². The minimum Gasteiger partial charge on any atom is -0.493 e. The average molecular weight is 221 g/mol. The van der Waals surface area contributed by atoms with Crippen molar-refractivity contribution in [1.82, 2.24) is 4.98 Å². The number of amides is 1. The molecule has 5 nitrogen and oxygen atoms in total. The second-order valence-electron chi connectivity index (χ2n) is 3.94. The van der Waals surface area contributed by atoms with E-state index < -0.39 is 0 Å². The van der Waals surface area contributed by atoms with Gasteiger partial charge in [-0.15, -0.1) is 0 Å². The molecule has 3 N–H and O–H groups in total. The number of ether oxygens (including phenoxy) is 1. The molecule has 1 aromatic heterocycles. The van der Waals surface area contributed by atoms with Crippen molar-refractivity contribution in [1.29, 1.82) is 0 Å². The lowest BCUT2D eigenvalue weighted by molar-refractivity contribution is -0.122. The van der Waals surface area contributed by atoms with Crippen LogP contribution in [0.15, 0.2) is 12.3 Å². The predicted molar refractivity (Wildman–Crippen MR) is 61.2 cm³/mol. The zero-order valence-electron chi connectivity index (χ0n) is 9.19. The lowest BCUT2D eigenvalue weighted by Gasteiger charge is -2.24. The second kappa shape index (κ2) is 4.38. The van der Waals surface area contributed by atoms with Crippen molar-refractivity contribution in [2.75, 3.05) is 18.2 Å². The van der Waals surface area contributed by atoms with Crippen LogP contribution in [0.5, 0.6) is 5.75 Å². The molecule has 0 bridgehead atoms. The van der Waals surface area contributed by atoms with Gasteiger partial charge in [-0.05, 0) is 12.8 Å². The van der Waals surface area contributed by atoms with Crippen LogP contribution >= 0.6 is 0 Å². The molecule has 1 amide bonds. The van der Waals surface area contributed by atoms with E-state index in [4.69, 9.17) is 10.5 Å². The second-order valence-corrected chi connectivity index (χ2v) is 3.94. The SMILES string of the molecule is COc1cc(N)cnc1NC(=O)C1CCC1. The molecule has 0 unspecified atom stereocenters. The van der Waals surface area contributed by atoms with Gasteiger partial charge in [0.2, 0.25) is 5.91 Å². The van der Waals surface area contributed by atoms with Crippen LogP contribution in [0.3, 0.4) is 0 Å². The summed E-state index contributed by atoms with van der Waals surface area (Å²) in [6.07, 6.45) is 4.55. The van der Waals surface area contributed by atoms with Crippen molar-refractivity contribution >= 4 is 17.4 Å². The highest BCUT2D eigenvalue weighted by Crippen LogP contribution is 2.29. The van der Waals surface area contributed by atoms with Gasteiger partial charge in [-0.3, -0.25) is 4.79 Å². The minimum atomic E-state index is 0.0156. The third-order valence-corrected chi connectivity index (χ3v) is 2.81. The summed E-state index contributed by atoms with van der Waals surface area (Å²) in [7, 11) is 1.52. The number of anilines is 2. The molecule has 0 aromatic carbocycles. The van der Waals surface area contributed by atoms with E-state index in [0.717, 1.165) is 19.3 Å². The normalized spacial score (nSPS) is 15.3. The number of rotatable bonds is 3. The van der Waals surface area contributed by atoms with Crippen molar-refractivity contribution in [3.8, 4) is 5.75 Å². The molecule has 16 heavy (non-hydrogen) atoms. The number of nitrogens with zero attached hydrogens (tertiary/aromatic N) is 1. The molecule has 86 valence electrons. The molecular weight excluding hydrogens is 206 g/mol. The van der Waals surface area contributed by atoms with E-state index in [1.165, 1.54) is 13.3 Å². The maximum Gasteiger partial charge on any atom is 0.228 e. The molecule has 5 heteroatoms. The summed E-state index contributed by atoms with van der Waals surface area (Å²) in [6, 6.07) is 1.64. The van der Waals surface area contributed by atoms with E-state index in [0.29, 0.717) is 17.3 Å². The summed E-state index contributed by atoms with van der Waals surface area (Å²) in [4.78, 5) is 15.8. The monoisotopic (exact) mass is 221 g/mol. The fourth-order valence-electron chi connectivity index (χ4n) is 1.60. The minimum absolute atomic E-state index is 0.0156. The fraction of sp³-hybridized carbons (Fsp3) is 0.455. The van der Waals surface area contributed by atoms with Gasteiger partial charge in [-0.1, -0.05) is 6.42 Å². The van der Waals surface area contributed by atoms with Crippen LogP contribution in [0.1, 0.15) is 19.3 Å². The predicted octanol–water partition coefficient (Wildman–Crippen LogP) is 1.41. The molecule has 1 heterocycles. The van der Waals surface area contributed by atoms with Gasteiger partial charge in [0.1, 0.15) is 0 Å². The Morgan fingerprint density at radius 2 is 2.38 bits per heavy atom. The van der Waals surface area contributed by atoms with E-state index in [-0.39, 0.29) is 11.8 Å². The van der Waals surface area contributed by atoms with Crippen molar-refractivity contribution < 1.29 is 9.53 Å². The molecule has 0 aliphatic heterocycles. The summed E-state index contributed by atoms with van der Waals surface area (Å²) in [5.74, 6) is 1.08. The Kier molecular flexibility index (Phi) is 2.94. The fourth-order valence-corrected chi connectivity index (χ4v) is 1.60. The van der Waals surface area contributed by atoms with Crippen LogP contribution in [-0.2, 0) is 4.79 Å². The number of carbonyl (C=O) groups is 1. The van der Waals surface area contributed by atoms with Crippen molar-refractivity contribution in [2.24, 2.45) is 5.92 Å². The Bertz CT molecular complexity index is 402. The van der Waals surface area contributed by atoms with Gasteiger partial charge in [-0.2, -0.15) is 0 Å². The summed E-state index contributed by atoms with van der Waals surface area (Å²) in [5.41, 5.74) is 6.09. The number of hydrogen-bond acceptors (Lipinski definition) is 4. The smallest absolute Gasteiger partial charge is 0.228 e. The van der Waals surface area contributed by atoms with Gasteiger partial charge in [-0.25, -0.2) is 4.98 Å². The first-order valence-electron chi connectivity index (χ1n) is 5.31. The maximum absolute atomic E-state index is 11.7. The van der Waals surface area contributed by atoms with Gasteiger partial charge in [0.15, 0.2) is 11.6 Å². The summed E-state index contributed by atoms with van der Waals surface area (Å²) in [6.45, 7) is 0. The van der Waals surface area contributed by atoms with Crippen LogP contribution < -0.4 is 15.8 Å². The van der Waals surface area contributed by atoms with E-state index >= 15 is 0 Å². The summed E-state index contributed by atoms with van der Waals surface area (Å²) < 4.78 is 5.10. The molecule has 0 radical (unpaired) electrons. The van der Waals surface area contributed by atoms with Crippen LogP contribution in [-0.4, -0.2) is 18.0 Å². The highest BCUT2D eigenvalue weighted by Gasteiger charge is 2.26. The third-order valence-electron chi connectivity index (χ3n) is 2.81. The van der Waals surface area contributed by atoms with Crippen LogP contribution in [0.4, 0.5) is 11.5 Å². The van der Waals surface area contributed by atoms with Gasteiger partial charge in [0.05, 0.1) is 19.0 Å². The standard InChI is InChI=1S/C11H15N3O2/c1-16-9-5-8(12)6-13-10(9)14-11(15)7-3-2-4-7/h5-7H,2-4,12H2,1H3,(H,13,14,15). The quantitative estimate of drug-likeness (QED) is 0.809. The maximum atomic E-state index is 11.7. The van der Waals surface area contributed by atoms with Gasteiger partial charge >= 0.3 is 0 Å². The first-order chi connectivity index (χ1) is 7.70. The lowest BCUT2D eigenvalue weighted by Crippen LogP contribution is -2.28. The van der Waals surface area contributed by atoms with Crippen molar-refractivity contribution in [3.05, 3.63) is 12.3 Å². The molecule has 0 saturated heterocycles. The number of carbonyl (C=O) groups excluding carboxylic acids is 1. The topological polar surface area (TPSA) is 77.2 Å². The highest BCUT2D eigenvalue weighted by atomic mass is 16.5. The molecule has 1 fully saturated rings. The Morgan fingerprint density at radius 3 is 2.94 bits per heavy atom. The lowest BCUT2D eigenvalue weighted by atomic mass is 9.85. The van der Waals surface area contributed by atoms with Crippen molar-refractivity contribution in [2.45, 2.75) is 19.3 Å². The zero-order chi connectivity index (χ0) is 11.5. The van der Waals surface area contributed by atoms with E-state index in [1.807, 2.05) is 0 Å². The molecule has 1 aromatic rings. The van der Waals surface area contributed by atoms with Crippen LogP contribution in [0, 0.1) is 5.92 Å². The largest absolute Gasteiger partial charge is 0.493 e. The molecular formula is C11H15N3O2. The number of aromatic nitrogens is 1. The molecule has 2 rings (SSSR count). The first-order valence-corrected chi connectivity index (χ1v) is 5.31. The van der Waals surface area contributed by atoms with Crippen LogP contribution in [0.25, 0.3) is 0 Å². The number of methoxy groups -OCH3 is 1. The molecule has 0 atom stereocenters. The molecule has 1 aliphatic rings. The Hall–Kier alpha value is -1.78. The van der Waals surface area contributed by atoms with Gasteiger partial charge in [0.25, 0.3) is 0 Å².